The fraction of sp³-hybridized carbons (Fsp3) is 0.143. The van der Waals surface area contributed by atoms with Crippen LogP contribution in [0.5, 0.6) is 5.75 Å². The molecule has 0 radical (unpaired) electrons. The van der Waals surface area contributed by atoms with E-state index in [0.29, 0.717) is 17.0 Å². The second kappa shape index (κ2) is 2.23. The largest absolute Gasteiger partial charge is 0.494 e. The van der Waals surface area contributed by atoms with Gasteiger partial charge in [-0.25, -0.2) is 9.97 Å². The molecule has 56 valence electrons. The first-order valence-corrected chi connectivity index (χ1v) is 3.14. The second-order valence-corrected chi connectivity index (χ2v) is 2.02. The number of ether oxygens (including phenoxy) is 1. The fourth-order valence-electron chi connectivity index (χ4n) is 0.917. The van der Waals surface area contributed by atoms with Gasteiger partial charge in [-0.2, -0.15) is 0 Å². The lowest BCUT2D eigenvalue weighted by atomic mass is 10.4. The average Bonchev–Trinajstić information content (AvgIpc) is 2.50. The summed E-state index contributed by atoms with van der Waals surface area (Å²) in [6.07, 6.45) is 2.96. The molecule has 2 rings (SSSR count). The Morgan fingerprint density at radius 3 is 3.18 bits per heavy atom. The number of oxazole rings is 1. The van der Waals surface area contributed by atoms with E-state index in [1.807, 2.05) is 0 Å². The van der Waals surface area contributed by atoms with Crippen molar-refractivity contribution >= 4 is 11.2 Å². The summed E-state index contributed by atoms with van der Waals surface area (Å²) in [7, 11) is 1.59. The molecule has 4 heteroatoms. The highest BCUT2D eigenvalue weighted by molar-refractivity contribution is 5.75. The van der Waals surface area contributed by atoms with E-state index in [0.717, 1.165) is 0 Å². The summed E-state index contributed by atoms with van der Waals surface area (Å²) in [4.78, 5) is 7.88. The molecular weight excluding hydrogens is 144 g/mol. The molecule has 11 heavy (non-hydrogen) atoms. The zero-order chi connectivity index (χ0) is 7.68. The molecule has 0 N–H and O–H groups in total. The number of pyridine rings is 1. The van der Waals surface area contributed by atoms with Crippen molar-refractivity contribution in [2.45, 2.75) is 0 Å². The summed E-state index contributed by atoms with van der Waals surface area (Å²) in [5.41, 5.74) is 1.17. The van der Waals surface area contributed by atoms with Gasteiger partial charge in [0.1, 0.15) is 0 Å². The van der Waals surface area contributed by atoms with E-state index in [9.17, 15) is 0 Å². The number of nitrogens with zero attached hydrogens (tertiary/aromatic N) is 2. The van der Waals surface area contributed by atoms with Crippen LogP contribution in [0.25, 0.3) is 11.2 Å². The minimum absolute atomic E-state index is 0.504. The molecule has 0 saturated carbocycles. The Labute approximate surface area is 62.8 Å². The van der Waals surface area contributed by atoms with E-state index in [1.54, 1.807) is 19.4 Å². The smallest absolute Gasteiger partial charge is 0.250 e. The van der Waals surface area contributed by atoms with Gasteiger partial charge in [-0.1, -0.05) is 0 Å². The first-order chi connectivity index (χ1) is 5.42. The van der Waals surface area contributed by atoms with Crippen LogP contribution in [0.2, 0.25) is 0 Å². The van der Waals surface area contributed by atoms with Gasteiger partial charge in [-0.15, -0.1) is 0 Å². The summed E-state index contributed by atoms with van der Waals surface area (Å²) in [6, 6.07) is 1.74. The van der Waals surface area contributed by atoms with Gasteiger partial charge in [-0.05, 0) is 0 Å². The van der Waals surface area contributed by atoms with Crippen LogP contribution in [-0.4, -0.2) is 17.1 Å². The van der Waals surface area contributed by atoms with Gasteiger partial charge in [0, 0.05) is 12.3 Å². The molecule has 2 aromatic heterocycles. The Bertz CT molecular complexity index is 369. The monoisotopic (exact) mass is 150 g/mol. The number of rotatable bonds is 1. The van der Waals surface area contributed by atoms with Gasteiger partial charge >= 0.3 is 0 Å². The molecule has 0 unspecified atom stereocenters. The first kappa shape index (κ1) is 6.15. The van der Waals surface area contributed by atoms with Crippen LogP contribution in [-0.2, 0) is 0 Å². The third-order valence-corrected chi connectivity index (χ3v) is 1.42. The minimum Gasteiger partial charge on any atom is -0.494 e. The topological polar surface area (TPSA) is 48.2 Å². The van der Waals surface area contributed by atoms with Crippen LogP contribution in [0.15, 0.2) is 23.1 Å². The van der Waals surface area contributed by atoms with E-state index in [4.69, 9.17) is 9.15 Å². The zero-order valence-corrected chi connectivity index (χ0v) is 5.94. The zero-order valence-electron chi connectivity index (χ0n) is 5.94. The summed E-state index contributed by atoms with van der Waals surface area (Å²) >= 11 is 0. The van der Waals surface area contributed by atoms with Crippen molar-refractivity contribution in [3.63, 3.8) is 0 Å². The molecule has 2 heterocycles. The third kappa shape index (κ3) is 0.832. The highest BCUT2D eigenvalue weighted by atomic mass is 16.5. The lowest BCUT2D eigenvalue weighted by Crippen LogP contribution is -1.84. The maximum atomic E-state index is 5.02. The van der Waals surface area contributed by atoms with Crippen LogP contribution in [0, 0.1) is 0 Å². The van der Waals surface area contributed by atoms with E-state index >= 15 is 0 Å². The fourth-order valence-corrected chi connectivity index (χ4v) is 0.917. The Morgan fingerprint density at radius 2 is 2.36 bits per heavy atom. The molecule has 0 fully saturated rings. The molecule has 0 aromatic carbocycles. The molecule has 0 aliphatic carbocycles. The van der Waals surface area contributed by atoms with Gasteiger partial charge in [0.15, 0.2) is 17.7 Å². The van der Waals surface area contributed by atoms with Crippen molar-refractivity contribution in [2.75, 3.05) is 7.11 Å². The number of methoxy groups -OCH3 is 1. The average molecular weight is 150 g/mol. The van der Waals surface area contributed by atoms with Gasteiger partial charge in [0.05, 0.1) is 7.11 Å². The van der Waals surface area contributed by atoms with Crippen LogP contribution >= 0.6 is 0 Å². The predicted molar refractivity (Wildman–Crippen MR) is 38.4 cm³/mol. The Kier molecular flexibility index (Phi) is 1.25. The number of aromatic nitrogens is 2. The maximum Gasteiger partial charge on any atom is 0.250 e. The Hall–Kier alpha value is -1.58. The van der Waals surface area contributed by atoms with Crippen LogP contribution in [0.3, 0.4) is 0 Å². The van der Waals surface area contributed by atoms with E-state index in [1.165, 1.54) is 6.39 Å². The molecule has 0 atom stereocenters. The van der Waals surface area contributed by atoms with Crippen molar-refractivity contribution < 1.29 is 9.15 Å². The standard InChI is InChI=1S/C7H6N2O2/c1-10-5-2-3-8-7-6(5)9-4-11-7/h2-4H,1H3. The van der Waals surface area contributed by atoms with Crippen molar-refractivity contribution in [3.05, 3.63) is 18.7 Å². The quantitative estimate of drug-likeness (QED) is 0.613. The maximum absolute atomic E-state index is 5.02. The number of hydrogen-bond acceptors (Lipinski definition) is 4. The normalized spacial score (nSPS) is 10.3. The lowest BCUT2D eigenvalue weighted by molar-refractivity contribution is 0.418. The molecule has 0 bridgehead atoms. The van der Waals surface area contributed by atoms with Gasteiger partial charge in [0.25, 0.3) is 5.71 Å². The highest BCUT2D eigenvalue weighted by Crippen LogP contribution is 2.20. The van der Waals surface area contributed by atoms with E-state index in [2.05, 4.69) is 9.97 Å². The molecular formula is C7H6N2O2. The SMILES string of the molecule is COc1ccnc2ocnc12. The molecule has 0 saturated heterocycles. The number of fused-ring (bicyclic) bond motifs is 1. The Balaban J connectivity index is 2.79. The molecule has 0 aliphatic heterocycles. The van der Waals surface area contributed by atoms with Gasteiger partial charge < -0.3 is 9.15 Å². The van der Waals surface area contributed by atoms with Crippen LogP contribution in [0.4, 0.5) is 0 Å². The summed E-state index contributed by atoms with van der Waals surface area (Å²) in [5, 5.41) is 0. The van der Waals surface area contributed by atoms with E-state index < -0.39 is 0 Å². The minimum atomic E-state index is 0.504. The molecule has 2 aromatic rings. The first-order valence-electron chi connectivity index (χ1n) is 3.14. The predicted octanol–water partition coefficient (Wildman–Crippen LogP) is 1.23. The molecule has 0 spiro atoms. The van der Waals surface area contributed by atoms with E-state index in [-0.39, 0.29) is 0 Å². The lowest BCUT2D eigenvalue weighted by Gasteiger charge is -1.96. The molecule has 0 aliphatic rings. The van der Waals surface area contributed by atoms with Crippen molar-refractivity contribution in [3.8, 4) is 5.75 Å². The van der Waals surface area contributed by atoms with Gasteiger partial charge in [0.2, 0.25) is 0 Å². The van der Waals surface area contributed by atoms with Crippen molar-refractivity contribution in [2.24, 2.45) is 0 Å². The van der Waals surface area contributed by atoms with Crippen LogP contribution in [0.1, 0.15) is 0 Å². The summed E-state index contributed by atoms with van der Waals surface area (Å²) < 4.78 is 9.98. The van der Waals surface area contributed by atoms with Crippen molar-refractivity contribution in [1.29, 1.82) is 0 Å². The Morgan fingerprint density at radius 1 is 1.45 bits per heavy atom. The van der Waals surface area contributed by atoms with Gasteiger partial charge in [-0.3, -0.25) is 0 Å². The summed E-state index contributed by atoms with van der Waals surface area (Å²) in [5.74, 6) is 0.684. The third-order valence-electron chi connectivity index (χ3n) is 1.42. The second-order valence-electron chi connectivity index (χ2n) is 2.02. The van der Waals surface area contributed by atoms with Crippen LogP contribution < -0.4 is 4.74 Å². The van der Waals surface area contributed by atoms with Crippen molar-refractivity contribution in [1.82, 2.24) is 9.97 Å². The summed E-state index contributed by atoms with van der Waals surface area (Å²) in [6.45, 7) is 0. The molecule has 4 nitrogen and oxygen atoms in total. The molecule has 0 amide bonds. The highest BCUT2D eigenvalue weighted by Gasteiger charge is 2.04. The number of hydrogen-bond donors (Lipinski definition) is 0.